The standard InChI is InChI=1S/C23H43N3O4/c1-8-20(27)25(18(4)5)17-23(6,7)26(21(28)9-2)16-15-24-13-11-19(12-14-24)22(29)30-10-3/h18-19H,8-17H2,1-7H3. The van der Waals surface area contributed by atoms with Crippen LogP contribution in [0.15, 0.2) is 0 Å². The third-order valence-electron chi connectivity index (χ3n) is 5.98. The van der Waals surface area contributed by atoms with E-state index in [0.29, 0.717) is 32.5 Å². The molecule has 0 spiro atoms. The predicted octanol–water partition coefficient (Wildman–Crippen LogP) is 2.93. The first kappa shape index (κ1) is 26.4. The smallest absolute Gasteiger partial charge is 0.309 e. The summed E-state index contributed by atoms with van der Waals surface area (Å²) in [6, 6.07) is 0.0946. The van der Waals surface area contributed by atoms with Crippen LogP contribution < -0.4 is 0 Å². The number of hydrogen-bond acceptors (Lipinski definition) is 5. The van der Waals surface area contributed by atoms with Crippen LogP contribution >= 0.6 is 0 Å². The van der Waals surface area contributed by atoms with E-state index < -0.39 is 5.54 Å². The summed E-state index contributed by atoms with van der Waals surface area (Å²) < 4.78 is 5.15. The first-order chi connectivity index (χ1) is 14.1. The molecule has 1 aliphatic heterocycles. The molecule has 1 fully saturated rings. The molecule has 7 heteroatoms. The first-order valence-electron chi connectivity index (χ1n) is 11.6. The van der Waals surface area contributed by atoms with E-state index in [4.69, 9.17) is 4.74 Å². The van der Waals surface area contributed by atoms with Crippen LogP contribution in [0.4, 0.5) is 0 Å². The van der Waals surface area contributed by atoms with Crippen molar-refractivity contribution in [1.29, 1.82) is 0 Å². The Morgan fingerprint density at radius 1 is 1.03 bits per heavy atom. The molecule has 0 N–H and O–H groups in total. The molecule has 30 heavy (non-hydrogen) atoms. The number of rotatable bonds is 11. The van der Waals surface area contributed by atoms with E-state index in [1.807, 2.05) is 58.3 Å². The third kappa shape index (κ3) is 7.56. The molecule has 1 aliphatic rings. The number of hydrogen-bond donors (Lipinski definition) is 0. The van der Waals surface area contributed by atoms with Crippen LogP contribution in [0.1, 0.15) is 74.1 Å². The highest BCUT2D eigenvalue weighted by Crippen LogP contribution is 2.22. The fourth-order valence-electron chi connectivity index (χ4n) is 4.11. The lowest BCUT2D eigenvalue weighted by molar-refractivity contribution is -0.149. The summed E-state index contributed by atoms with van der Waals surface area (Å²) in [7, 11) is 0. The van der Waals surface area contributed by atoms with Crippen molar-refractivity contribution in [3.05, 3.63) is 0 Å². The normalized spacial score (nSPS) is 15.9. The van der Waals surface area contributed by atoms with E-state index in [1.54, 1.807) is 0 Å². The second kappa shape index (κ2) is 12.3. The molecule has 0 bridgehead atoms. The molecule has 174 valence electrons. The number of carbonyl (C=O) groups excluding carboxylic acids is 3. The highest BCUT2D eigenvalue weighted by Gasteiger charge is 2.34. The van der Waals surface area contributed by atoms with Gasteiger partial charge in [-0.15, -0.1) is 0 Å². The van der Waals surface area contributed by atoms with Crippen molar-refractivity contribution in [2.24, 2.45) is 5.92 Å². The lowest BCUT2D eigenvalue weighted by atomic mass is 9.96. The largest absolute Gasteiger partial charge is 0.466 e. The minimum absolute atomic E-state index is 0.00864. The Balaban J connectivity index is 2.75. The molecule has 1 rings (SSSR count). The van der Waals surface area contributed by atoms with E-state index in [9.17, 15) is 14.4 Å². The van der Waals surface area contributed by atoms with Gasteiger partial charge in [-0.25, -0.2) is 0 Å². The maximum atomic E-state index is 12.8. The number of amides is 2. The molecule has 0 saturated carbocycles. The van der Waals surface area contributed by atoms with Gasteiger partial charge in [-0.3, -0.25) is 14.4 Å². The van der Waals surface area contributed by atoms with E-state index in [1.165, 1.54) is 0 Å². The number of piperidine rings is 1. The summed E-state index contributed by atoms with van der Waals surface area (Å²) in [5.74, 6) is 0.123. The van der Waals surface area contributed by atoms with Gasteiger partial charge in [0.25, 0.3) is 0 Å². The average Bonchev–Trinajstić information content (AvgIpc) is 2.71. The van der Waals surface area contributed by atoms with Crippen LogP contribution in [0.5, 0.6) is 0 Å². The van der Waals surface area contributed by atoms with Crippen molar-refractivity contribution in [2.45, 2.75) is 85.7 Å². The molecule has 2 amide bonds. The SMILES string of the molecule is CCOC(=O)C1CCN(CCN(C(=O)CC)C(C)(C)CN(C(=O)CC)C(C)C)CC1. The molecule has 0 aromatic carbocycles. The number of nitrogens with zero attached hydrogens (tertiary/aromatic N) is 3. The van der Waals surface area contributed by atoms with Gasteiger partial charge in [0.2, 0.25) is 11.8 Å². The van der Waals surface area contributed by atoms with Crippen LogP contribution in [0, 0.1) is 5.92 Å². The van der Waals surface area contributed by atoms with Crippen LogP contribution in [0.25, 0.3) is 0 Å². The van der Waals surface area contributed by atoms with Crippen LogP contribution in [0.3, 0.4) is 0 Å². The molecule has 1 saturated heterocycles. The van der Waals surface area contributed by atoms with Crippen molar-refractivity contribution in [3.63, 3.8) is 0 Å². The molecular weight excluding hydrogens is 382 g/mol. The number of ether oxygens (including phenoxy) is 1. The molecule has 0 aromatic rings. The first-order valence-corrected chi connectivity index (χ1v) is 11.6. The second-order valence-corrected chi connectivity index (χ2v) is 9.05. The summed E-state index contributed by atoms with van der Waals surface area (Å²) in [5.41, 5.74) is -0.453. The van der Waals surface area contributed by atoms with Crippen LogP contribution in [-0.2, 0) is 19.1 Å². The second-order valence-electron chi connectivity index (χ2n) is 9.05. The average molecular weight is 426 g/mol. The van der Waals surface area contributed by atoms with Crippen molar-refractivity contribution >= 4 is 17.8 Å². The van der Waals surface area contributed by atoms with Gasteiger partial charge in [-0.1, -0.05) is 13.8 Å². The van der Waals surface area contributed by atoms with E-state index >= 15 is 0 Å². The molecule has 0 aliphatic carbocycles. The topological polar surface area (TPSA) is 70.2 Å². The van der Waals surface area contributed by atoms with Gasteiger partial charge in [-0.05, 0) is 60.5 Å². The zero-order valence-corrected chi connectivity index (χ0v) is 20.2. The van der Waals surface area contributed by atoms with E-state index in [2.05, 4.69) is 4.90 Å². The molecule has 7 nitrogen and oxygen atoms in total. The molecule has 0 atom stereocenters. The summed E-state index contributed by atoms with van der Waals surface area (Å²) in [4.78, 5) is 43.3. The maximum absolute atomic E-state index is 12.8. The van der Waals surface area contributed by atoms with Crippen LogP contribution in [0.2, 0.25) is 0 Å². The minimum Gasteiger partial charge on any atom is -0.466 e. The predicted molar refractivity (Wildman–Crippen MR) is 119 cm³/mol. The zero-order valence-electron chi connectivity index (χ0n) is 20.2. The fourth-order valence-corrected chi connectivity index (χ4v) is 4.11. The summed E-state index contributed by atoms with van der Waals surface area (Å²) >= 11 is 0. The van der Waals surface area contributed by atoms with Gasteiger partial charge in [0.15, 0.2) is 0 Å². The lowest BCUT2D eigenvalue weighted by Gasteiger charge is -2.44. The van der Waals surface area contributed by atoms with E-state index in [-0.39, 0.29) is 29.7 Å². The van der Waals surface area contributed by atoms with Gasteiger partial charge in [0.05, 0.1) is 18.1 Å². The fraction of sp³-hybridized carbons (Fsp3) is 0.870. The van der Waals surface area contributed by atoms with Crippen molar-refractivity contribution in [1.82, 2.24) is 14.7 Å². The van der Waals surface area contributed by atoms with Gasteiger partial charge in [-0.2, -0.15) is 0 Å². The quantitative estimate of drug-likeness (QED) is 0.476. The molecule has 0 radical (unpaired) electrons. The number of carbonyl (C=O) groups is 3. The summed E-state index contributed by atoms with van der Waals surface area (Å²) in [6.45, 7) is 17.7. The number of likely N-dealkylation sites (tertiary alicyclic amines) is 1. The van der Waals surface area contributed by atoms with Crippen molar-refractivity contribution in [2.75, 3.05) is 39.3 Å². The Morgan fingerprint density at radius 2 is 1.60 bits per heavy atom. The minimum atomic E-state index is -0.453. The molecular formula is C23H43N3O4. The van der Waals surface area contributed by atoms with Crippen molar-refractivity contribution in [3.8, 4) is 0 Å². The zero-order chi connectivity index (χ0) is 22.9. The highest BCUT2D eigenvalue weighted by molar-refractivity contribution is 5.78. The Morgan fingerprint density at radius 3 is 2.07 bits per heavy atom. The Kier molecular flexibility index (Phi) is 10.8. The van der Waals surface area contributed by atoms with Gasteiger partial charge in [0.1, 0.15) is 0 Å². The maximum Gasteiger partial charge on any atom is 0.309 e. The van der Waals surface area contributed by atoms with E-state index in [0.717, 1.165) is 32.5 Å². The monoisotopic (exact) mass is 425 g/mol. The summed E-state index contributed by atoms with van der Waals surface area (Å²) in [5, 5.41) is 0. The molecule has 0 unspecified atom stereocenters. The third-order valence-corrected chi connectivity index (χ3v) is 5.98. The van der Waals surface area contributed by atoms with Crippen LogP contribution in [-0.4, -0.2) is 83.4 Å². The Hall–Kier alpha value is -1.63. The van der Waals surface area contributed by atoms with Crippen molar-refractivity contribution < 1.29 is 19.1 Å². The van der Waals surface area contributed by atoms with Gasteiger partial charge < -0.3 is 19.4 Å². The Bertz CT molecular complexity index is 569. The molecule has 1 heterocycles. The number of esters is 1. The lowest BCUT2D eigenvalue weighted by Crippen LogP contribution is -2.58. The van der Waals surface area contributed by atoms with Gasteiger partial charge in [0, 0.05) is 38.5 Å². The highest BCUT2D eigenvalue weighted by atomic mass is 16.5. The van der Waals surface area contributed by atoms with Gasteiger partial charge >= 0.3 is 5.97 Å². The Labute approximate surface area is 183 Å². The summed E-state index contributed by atoms with van der Waals surface area (Å²) in [6.07, 6.45) is 2.51. The molecule has 0 aromatic heterocycles.